The Labute approximate surface area is 98.6 Å². The van der Waals surface area contributed by atoms with Crippen molar-refractivity contribution >= 4 is 21.6 Å². The van der Waals surface area contributed by atoms with Crippen LogP contribution in [0.1, 0.15) is 25.7 Å². The first-order valence-corrected chi connectivity index (χ1v) is 6.47. The number of anilines is 1. The molecule has 3 rings (SSSR count). The van der Waals surface area contributed by atoms with Crippen molar-refractivity contribution in [3.8, 4) is 0 Å². The van der Waals surface area contributed by atoms with E-state index in [9.17, 15) is 0 Å². The second kappa shape index (κ2) is 3.78. The second-order valence-electron chi connectivity index (χ2n) is 4.82. The van der Waals surface area contributed by atoms with Crippen molar-refractivity contribution in [2.45, 2.75) is 31.7 Å². The van der Waals surface area contributed by atoms with Crippen molar-refractivity contribution in [2.24, 2.45) is 11.8 Å². The van der Waals surface area contributed by atoms with Crippen LogP contribution in [0.3, 0.4) is 0 Å². The summed E-state index contributed by atoms with van der Waals surface area (Å²) in [4.78, 5) is 4.18. The third-order valence-corrected chi connectivity index (χ3v) is 4.23. The standard InChI is InChI=1S/C12H15BrN2/c13-10-5-11(7-14-6-10)15-12-4-8-1-2-9(12)3-8/h5-9,12,15H,1-4H2. The van der Waals surface area contributed by atoms with Crippen LogP contribution in [0.25, 0.3) is 0 Å². The summed E-state index contributed by atoms with van der Waals surface area (Å²) < 4.78 is 1.05. The highest BCUT2D eigenvalue weighted by molar-refractivity contribution is 9.10. The van der Waals surface area contributed by atoms with Crippen LogP contribution >= 0.6 is 15.9 Å². The first-order valence-electron chi connectivity index (χ1n) is 5.68. The van der Waals surface area contributed by atoms with Gasteiger partial charge in [-0.1, -0.05) is 6.42 Å². The summed E-state index contributed by atoms with van der Waals surface area (Å²) in [6.07, 6.45) is 9.42. The molecule has 0 amide bonds. The van der Waals surface area contributed by atoms with Gasteiger partial charge in [-0.05, 0) is 53.1 Å². The Morgan fingerprint density at radius 3 is 2.87 bits per heavy atom. The molecule has 2 saturated carbocycles. The van der Waals surface area contributed by atoms with Gasteiger partial charge < -0.3 is 5.32 Å². The Kier molecular flexibility index (Phi) is 2.43. The van der Waals surface area contributed by atoms with Crippen LogP contribution in [0.5, 0.6) is 0 Å². The second-order valence-corrected chi connectivity index (χ2v) is 5.73. The summed E-state index contributed by atoms with van der Waals surface area (Å²) in [6.45, 7) is 0. The Balaban J connectivity index is 1.71. The van der Waals surface area contributed by atoms with Gasteiger partial charge >= 0.3 is 0 Å². The average molecular weight is 267 g/mol. The van der Waals surface area contributed by atoms with Crippen LogP contribution in [0.2, 0.25) is 0 Å². The van der Waals surface area contributed by atoms with Gasteiger partial charge in [0.1, 0.15) is 0 Å². The van der Waals surface area contributed by atoms with Crippen molar-refractivity contribution in [1.82, 2.24) is 4.98 Å². The summed E-state index contributed by atoms with van der Waals surface area (Å²) in [7, 11) is 0. The molecule has 1 heterocycles. The Bertz CT molecular complexity index is 366. The van der Waals surface area contributed by atoms with Gasteiger partial charge in [0.15, 0.2) is 0 Å². The number of fused-ring (bicyclic) bond motifs is 2. The fourth-order valence-electron chi connectivity index (χ4n) is 3.13. The molecular formula is C12H15BrN2. The Morgan fingerprint density at radius 1 is 1.27 bits per heavy atom. The maximum Gasteiger partial charge on any atom is 0.0540 e. The zero-order valence-corrected chi connectivity index (χ0v) is 10.2. The molecule has 2 nitrogen and oxygen atoms in total. The molecule has 15 heavy (non-hydrogen) atoms. The maximum absolute atomic E-state index is 4.18. The molecule has 0 aromatic carbocycles. The molecule has 2 fully saturated rings. The summed E-state index contributed by atoms with van der Waals surface area (Å²) >= 11 is 3.45. The van der Waals surface area contributed by atoms with Crippen LogP contribution in [0.4, 0.5) is 5.69 Å². The van der Waals surface area contributed by atoms with Gasteiger partial charge in [-0.3, -0.25) is 4.98 Å². The van der Waals surface area contributed by atoms with E-state index in [1.165, 1.54) is 25.7 Å². The molecule has 80 valence electrons. The van der Waals surface area contributed by atoms with Gasteiger partial charge in [-0.15, -0.1) is 0 Å². The highest BCUT2D eigenvalue weighted by Gasteiger charge is 2.39. The smallest absolute Gasteiger partial charge is 0.0540 e. The van der Waals surface area contributed by atoms with E-state index >= 15 is 0 Å². The lowest BCUT2D eigenvalue weighted by Crippen LogP contribution is -2.25. The molecule has 0 radical (unpaired) electrons. The van der Waals surface area contributed by atoms with E-state index in [4.69, 9.17) is 0 Å². The van der Waals surface area contributed by atoms with E-state index in [-0.39, 0.29) is 0 Å². The first kappa shape index (κ1) is 9.64. The van der Waals surface area contributed by atoms with E-state index in [1.807, 2.05) is 12.4 Å². The van der Waals surface area contributed by atoms with Crippen LogP contribution in [0.15, 0.2) is 22.9 Å². The fraction of sp³-hybridized carbons (Fsp3) is 0.583. The SMILES string of the molecule is Brc1cncc(NC2CC3CCC2C3)c1. The molecule has 1 aromatic rings. The number of pyridine rings is 1. The predicted molar refractivity (Wildman–Crippen MR) is 64.8 cm³/mol. The molecule has 2 bridgehead atoms. The zero-order chi connectivity index (χ0) is 10.3. The van der Waals surface area contributed by atoms with E-state index < -0.39 is 0 Å². The number of hydrogen-bond acceptors (Lipinski definition) is 2. The molecule has 1 N–H and O–H groups in total. The molecule has 0 saturated heterocycles. The third-order valence-electron chi connectivity index (χ3n) is 3.80. The topological polar surface area (TPSA) is 24.9 Å². The summed E-state index contributed by atoms with van der Waals surface area (Å²) in [5, 5.41) is 3.62. The van der Waals surface area contributed by atoms with Crippen LogP contribution in [-0.4, -0.2) is 11.0 Å². The molecule has 3 atom stereocenters. The fourth-order valence-corrected chi connectivity index (χ4v) is 3.49. The molecule has 0 aliphatic heterocycles. The third kappa shape index (κ3) is 1.89. The average Bonchev–Trinajstić information content (AvgIpc) is 2.79. The minimum atomic E-state index is 0.694. The summed E-state index contributed by atoms with van der Waals surface area (Å²) in [6, 6.07) is 2.80. The maximum atomic E-state index is 4.18. The highest BCUT2D eigenvalue weighted by atomic mass is 79.9. The first-order chi connectivity index (χ1) is 7.31. The van der Waals surface area contributed by atoms with E-state index in [2.05, 4.69) is 32.3 Å². The van der Waals surface area contributed by atoms with E-state index in [0.717, 1.165) is 22.0 Å². The van der Waals surface area contributed by atoms with Gasteiger partial charge in [0.2, 0.25) is 0 Å². The van der Waals surface area contributed by atoms with Gasteiger partial charge in [-0.25, -0.2) is 0 Å². The van der Waals surface area contributed by atoms with E-state index in [0.29, 0.717) is 6.04 Å². The zero-order valence-electron chi connectivity index (χ0n) is 8.62. The molecule has 0 spiro atoms. The Hall–Kier alpha value is -0.570. The van der Waals surface area contributed by atoms with Crippen LogP contribution in [-0.2, 0) is 0 Å². The van der Waals surface area contributed by atoms with Gasteiger partial charge in [0, 0.05) is 16.7 Å². The number of rotatable bonds is 2. The van der Waals surface area contributed by atoms with Crippen LogP contribution < -0.4 is 5.32 Å². The largest absolute Gasteiger partial charge is 0.381 e. The predicted octanol–water partition coefficient (Wildman–Crippen LogP) is 3.44. The van der Waals surface area contributed by atoms with Gasteiger partial charge in [0.25, 0.3) is 0 Å². The van der Waals surface area contributed by atoms with Crippen molar-refractivity contribution in [2.75, 3.05) is 5.32 Å². The molecule has 2 aliphatic carbocycles. The lowest BCUT2D eigenvalue weighted by Gasteiger charge is -2.23. The van der Waals surface area contributed by atoms with E-state index in [1.54, 1.807) is 0 Å². The number of hydrogen-bond donors (Lipinski definition) is 1. The lowest BCUT2D eigenvalue weighted by atomic mass is 9.95. The van der Waals surface area contributed by atoms with Gasteiger partial charge in [-0.2, -0.15) is 0 Å². The highest BCUT2D eigenvalue weighted by Crippen LogP contribution is 2.45. The molecule has 3 heteroatoms. The summed E-state index contributed by atoms with van der Waals surface area (Å²) in [5.41, 5.74) is 1.15. The summed E-state index contributed by atoms with van der Waals surface area (Å²) in [5.74, 6) is 1.90. The number of nitrogens with one attached hydrogen (secondary N) is 1. The minimum absolute atomic E-state index is 0.694. The number of aromatic nitrogens is 1. The van der Waals surface area contributed by atoms with Crippen molar-refractivity contribution in [3.05, 3.63) is 22.9 Å². The Morgan fingerprint density at radius 2 is 2.20 bits per heavy atom. The molecular weight excluding hydrogens is 252 g/mol. The molecule has 2 aliphatic rings. The van der Waals surface area contributed by atoms with Crippen molar-refractivity contribution < 1.29 is 0 Å². The lowest BCUT2D eigenvalue weighted by molar-refractivity contribution is 0.439. The quantitative estimate of drug-likeness (QED) is 0.887. The van der Waals surface area contributed by atoms with Crippen LogP contribution in [0, 0.1) is 11.8 Å². The molecule has 3 unspecified atom stereocenters. The number of nitrogens with zero attached hydrogens (tertiary/aromatic N) is 1. The molecule has 1 aromatic heterocycles. The van der Waals surface area contributed by atoms with Gasteiger partial charge in [0.05, 0.1) is 11.9 Å². The van der Waals surface area contributed by atoms with Crippen molar-refractivity contribution in [1.29, 1.82) is 0 Å². The minimum Gasteiger partial charge on any atom is -0.381 e. The normalized spacial score (nSPS) is 33.3. The monoisotopic (exact) mass is 266 g/mol. The van der Waals surface area contributed by atoms with Crippen molar-refractivity contribution in [3.63, 3.8) is 0 Å². The number of halogens is 1.